The molecule has 8 heteroatoms. The number of piperidine rings is 1. The second kappa shape index (κ2) is 7.13. The Morgan fingerprint density at radius 3 is 2.42 bits per heavy atom. The van der Waals surface area contributed by atoms with Crippen molar-refractivity contribution in [3.8, 4) is 5.75 Å². The van der Waals surface area contributed by atoms with Crippen LogP contribution in [-0.4, -0.2) is 64.7 Å². The van der Waals surface area contributed by atoms with Crippen LogP contribution in [0.4, 0.5) is 0 Å². The fourth-order valence-corrected chi connectivity index (χ4v) is 9.04. The highest BCUT2D eigenvalue weighted by molar-refractivity contribution is 7.96. The zero-order valence-electron chi connectivity index (χ0n) is 15.5. The molecule has 0 N–H and O–H groups in total. The summed E-state index contributed by atoms with van der Waals surface area (Å²) in [5.74, 6) is 0.463. The summed E-state index contributed by atoms with van der Waals surface area (Å²) in [6.07, 6.45) is 1.94. The van der Waals surface area contributed by atoms with Crippen LogP contribution >= 0.6 is 0 Å². The molecule has 0 bridgehead atoms. The molecule has 2 heterocycles. The molecule has 2 atom stereocenters. The minimum Gasteiger partial charge on any atom is -0.495 e. The number of hydrogen-bond donors (Lipinski definition) is 0. The lowest BCUT2D eigenvalue weighted by Gasteiger charge is -2.36. The monoisotopic (exact) mass is 401 g/mol. The van der Waals surface area contributed by atoms with E-state index in [4.69, 9.17) is 4.74 Å². The molecule has 1 aromatic rings. The first-order valence-electron chi connectivity index (χ1n) is 8.97. The normalized spacial score (nSPS) is 27.5. The van der Waals surface area contributed by atoms with E-state index in [1.165, 1.54) is 7.11 Å². The van der Waals surface area contributed by atoms with Crippen LogP contribution in [0.1, 0.15) is 25.3 Å². The summed E-state index contributed by atoms with van der Waals surface area (Å²) in [7, 11) is -5.79. The number of benzene rings is 1. The number of ether oxygens (including phenoxy) is 1. The molecule has 0 aromatic heterocycles. The zero-order valence-corrected chi connectivity index (χ0v) is 17.1. The molecule has 2 fully saturated rings. The molecule has 0 amide bonds. The molecule has 0 aliphatic carbocycles. The zero-order chi connectivity index (χ0) is 19.1. The summed E-state index contributed by atoms with van der Waals surface area (Å²) in [5.41, 5.74) is 0.800. The largest absolute Gasteiger partial charge is 0.495 e. The van der Waals surface area contributed by atoms with Crippen LogP contribution in [-0.2, 0) is 19.7 Å². The average molecular weight is 402 g/mol. The van der Waals surface area contributed by atoms with Gasteiger partial charge in [-0.1, -0.05) is 13.0 Å². The summed E-state index contributed by atoms with van der Waals surface area (Å²) in [5, 5.41) is -0.948. The molecule has 0 spiro atoms. The van der Waals surface area contributed by atoms with Gasteiger partial charge < -0.3 is 4.74 Å². The highest BCUT2D eigenvalue weighted by atomic mass is 32.2. The predicted octanol–water partition coefficient (Wildman–Crippen LogP) is 1.67. The van der Waals surface area contributed by atoms with Crippen molar-refractivity contribution in [1.29, 1.82) is 0 Å². The van der Waals surface area contributed by atoms with Crippen LogP contribution in [0.2, 0.25) is 0 Å². The fraction of sp³-hybridized carbons (Fsp3) is 0.667. The van der Waals surface area contributed by atoms with Crippen molar-refractivity contribution in [2.45, 2.75) is 42.9 Å². The Bertz CT molecular complexity index is 871. The van der Waals surface area contributed by atoms with Gasteiger partial charge in [-0.15, -0.1) is 0 Å². The number of rotatable bonds is 4. The molecule has 2 aliphatic rings. The van der Waals surface area contributed by atoms with E-state index in [-0.39, 0.29) is 22.2 Å². The molecule has 26 heavy (non-hydrogen) atoms. The topological polar surface area (TPSA) is 80.8 Å². The number of sulfone groups is 2. The van der Waals surface area contributed by atoms with Gasteiger partial charge in [-0.3, -0.25) is 4.90 Å². The molecular formula is C18H27NO5S2. The van der Waals surface area contributed by atoms with E-state index in [1.54, 1.807) is 18.2 Å². The van der Waals surface area contributed by atoms with Gasteiger partial charge in [0.05, 0.1) is 23.9 Å². The maximum absolute atomic E-state index is 13.4. The average Bonchev–Trinajstić information content (AvgIpc) is 2.92. The van der Waals surface area contributed by atoms with Crippen molar-refractivity contribution in [2.75, 3.05) is 31.7 Å². The Hall–Kier alpha value is -1.12. The third-order valence-electron chi connectivity index (χ3n) is 5.58. The highest BCUT2D eigenvalue weighted by Crippen LogP contribution is 2.35. The number of nitrogens with zero attached hydrogens (tertiary/aromatic N) is 1. The lowest BCUT2D eigenvalue weighted by molar-refractivity contribution is 0.151. The first-order valence-corrected chi connectivity index (χ1v) is 12.3. The van der Waals surface area contributed by atoms with Gasteiger partial charge in [0.1, 0.15) is 10.6 Å². The van der Waals surface area contributed by atoms with Gasteiger partial charge in [-0.25, -0.2) is 16.8 Å². The summed E-state index contributed by atoms with van der Waals surface area (Å²) < 4.78 is 56.7. The van der Waals surface area contributed by atoms with Gasteiger partial charge in [0.2, 0.25) is 0 Å². The van der Waals surface area contributed by atoms with Crippen LogP contribution in [0, 0.1) is 12.8 Å². The number of hydrogen-bond acceptors (Lipinski definition) is 6. The maximum Gasteiger partial charge on any atom is 0.187 e. The van der Waals surface area contributed by atoms with Crippen LogP contribution < -0.4 is 4.74 Å². The molecule has 0 unspecified atom stereocenters. The number of likely N-dealkylation sites (tertiary alicyclic amines) is 1. The predicted molar refractivity (Wildman–Crippen MR) is 101 cm³/mol. The lowest BCUT2D eigenvalue weighted by Crippen LogP contribution is -2.49. The number of methoxy groups -OCH3 is 1. The number of aryl methyl sites for hydroxylation is 1. The van der Waals surface area contributed by atoms with E-state index in [0.29, 0.717) is 5.92 Å². The van der Waals surface area contributed by atoms with E-state index in [1.807, 2.05) is 6.92 Å². The highest BCUT2D eigenvalue weighted by Gasteiger charge is 2.49. The fourth-order valence-electron chi connectivity index (χ4n) is 3.96. The van der Waals surface area contributed by atoms with Crippen molar-refractivity contribution < 1.29 is 21.6 Å². The third kappa shape index (κ3) is 3.77. The summed E-state index contributed by atoms with van der Waals surface area (Å²) >= 11 is 0. The van der Waals surface area contributed by atoms with Gasteiger partial charge >= 0.3 is 0 Å². The SMILES string of the molecule is COc1ccc(C)cc1S(=O)(=O)[C@H]1CS(=O)(=O)C[C@@H]1N1CCC(C)CC1. The molecular weight excluding hydrogens is 374 g/mol. The van der Waals surface area contributed by atoms with Gasteiger partial charge in [0.15, 0.2) is 19.7 Å². The van der Waals surface area contributed by atoms with Gasteiger partial charge in [0, 0.05) is 6.04 Å². The first kappa shape index (κ1) is 19.6. The molecule has 0 saturated carbocycles. The summed E-state index contributed by atoms with van der Waals surface area (Å²) in [4.78, 5) is 2.16. The second-order valence-corrected chi connectivity index (χ2v) is 11.9. The molecule has 2 aliphatic heterocycles. The Morgan fingerprint density at radius 1 is 1.15 bits per heavy atom. The van der Waals surface area contributed by atoms with Crippen LogP contribution in [0.3, 0.4) is 0 Å². The minimum atomic E-state index is -3.83. The molecule has 146 valence electrons. The maximum atomic E-state index is 13.4. The molecule has 1 aromatic carbocycles. The summed E-state index contributed by atoms with van der Waals surface area (Å²) in [6.45, 7) is 5.48. The Kier molecular flexibility index (Phi) is 5.38. The van der Waals surface area contributed by atoms with Gasteiger partial charge in [0.25, 0.3) is 0 Å². The van der Waals surface area contributed by atoms with E-state index in [0.717, 1.165) is 31.5 Å². The first-order chi connectivity index (χ1) is 12.1. The van der Waals surface area contributed by atoms with Crippen molar-refractivity contribution in [3.63, 3.8) is 0 Å². The van der Waals surface area contributed by atoms with Crippen molar-refractivity contribution in [2.24, 2.45) is 5.92 Å². The van der Waals surface area contributed by atoms with Gasteiger partial charge in [-0.05, 0) is 56.5 Å². The van der Waals surface area contributed by atoms with Crippen LogP contribution in [0.25, 0.3) is 0 Å². The van der Waals surface area contributed by atoms with Crippen molar-refractivity contribution >= 4 is 19.7 Å². The van der Waals surface area contributed by atoms with E-state index < -0.39 is 31.0 Å². The Morgan fingerprint density at radius 2 is 1.81 bits per heavy atom. The van der Waals surface area contributed by atoms with Crippen LogP contribution in [0.5, 0.6) is 5.75 Å². The molecule has 2 saturated heterocycles. The minimum absolute atomic E-state index is 0.0839. The lowest BCUT2D eigenvalue weighted by atomic mass is 9.98. The Balaban J connectivity index is 2.00. The smallest absolute Gasteiger partial charge is 0.187 e. The Labute approximate surface area is 156 Å². The third-order valence-corrected chi connectivity index (χ3v) is 9.72. The van der Waals surface area contributed by atoms with Gasteiger partial charge in [-0.2, -0.15) is 0 Å². The summed E-state index contributed by atoms with van der Waals surface area (Å²) in [6, 6.07) is 4.51. The van der Waals surface area contributed by atoms with Crippen LogP contribution in [0.15, 0.2) is 23.1 Å². The molecule has 0 radical (unpaired) electrons. The molecule has 6 nitrogen and oxygen atoms in total. The van der Waals surface area contributed by atoms with Crippen molar-refractivity contribution in [3.05, 3.63) is 23.8 Å². The quantitative estimate of drug-likeness (QED) is 0.764. The van der Waals surface area contributed by atoms with E-state index >= 15 is 0 Å². The van der Waals surface area contributed by atoms with E-state index in [9.17, 15) is 16.8 Å². The van der Waals surface area contributed by atoms with E-state index in [2.05, 4.69) is 11.8 Å². The van der Waals surface area contributed by atoms with Crippen molar-refractivity contribution in [1.82, 2.24) is 4.90 Å². The second-order valence-electron chi connectivity index (χ2n) is 7.60. The standard InChI is InChI=1S/C18H27NO5S2/c1-13-6-8-19(9-7-13)15-11-25(20,21)12-18(15)26(22,23)17-10-14(2)4-5-16(17)24-3/h4-5,10,13,15,18H,6-9,11-12H2,1-3H3/t15-,18-/m0/s1. The molecule has 3 rings (SSSR count).